The fourth-order valence-electron chi connectivity index (χ4n) is 3.59. The molecule has 1 aliphatic carbocycles. The fraction of sp³-hybridized carbons (Fsp3) is 0.350. The van der Waals surface area contributed by atoms with E-state index in [4.69, 9.17) is 0 Å². The van der Waals surface area contributed by atoms with Gasteiger partial charge in [0.1, 0.15) is 24.2 Å². The summed E-state index contributed by atoms with van der Waals surface area (Å²) in [5, 5.41) is 7.56. The van der Waals surface area contributed by atoms with Gasteiger partial charge < -0.3 is 5.32 Å². The van der Waals surface area contributed by atoms with Crippen LogP contribution in [0.4, 0.5) is 4.39 Å². The van der Waals surface area contributed by atoms with E-state index in [1.54, 1.807) is 16.5 Å². The predicted octanol–water partition coefficient (Wildman–Crippen LogP) is 2.80. The maximum atomic E-state index is 13.4. The third-order valence-corrected chi connectivity index (χ3v) is 5.01. The van der Waals surface area contributed by atoms with Gasteiger partial charge in [0, 0.05) is 11.9 Å². The third-order valence-electron chi connectivity index (χ3n) is 5.01. The van der Waals surface area contributed by atoms with E-state index in [1.807, 2.05) is 0 Å². The number of benzene rings is 1. The molecule has 0 bridgehead atoms. The number of carbonyl (C=O) groups is 1. The normalized spacial score (nSPS) is 14.5. The SMILES string of the molecule is O=C(Cn1ncn2c(cc3cc(F)ccc32)c1=O)NCCC1=CCCCC1. The van der Waals surface area contributed by atoms with Crippen molar-refractivity contribution in [2.75, 3.05) is 6.54 Å². The second-order valence-corrected chi connectivity index (χ2v) is 6.90. The van der Waals surface area contributed by atoms with Crippen molar-refractivity contribution in [2.24, 2.45) is 0 Å². The molecular weight excluding hydrogens is 347 g/mol. The highest BCUT2D eigenvalue weighted by Gasteiger charge is 2.12. The molecule has 0 radical (unpaired) electrons. The molecular formula is C20H21FN4O2. The van der Waals surface area contributed by atoms with Gasteiger partial charge in [0.25, 0.3) is 5.56 Å². The first-order valence-corrected chi connectivity index (χ1v) is 9.23. The summed E-state index contributed by atoms with van der Waals surface area (Å²) in [5.74, 6) is -0.605. The predicted molar refractivity (Wildman–Crippen MR) is 101 cm³/mol. The standard InChI is InChI=1S/C20H21FN4O2/c21-16-6-7-17-15(10-16)11-18-20(27)25(23-13-24(17)18)12-19(26)22-9-8-14-4-2-1-3-5-14/h4,6-7,10-11,13H,1-3,5,8-9,12H2,(H,22,26). The lowest BCUT2D eigenvalue weighted by molar-refractivity contribution is -0.121. The highest BCUT2D eigenvalue weighted by molar-refractivity contribution is 5.86. The zero-order chi connectivity index (χ0) is 18.8. The summed E-state index contributed by atoms with van der Waals surface area (Å²) in [5.41, 5.74) is 2.09. The van der Waals surface area contributed by atoms with Crippen LogP contribution < -0.4 is 10.9 Å². The Kier molecular flexibility index (Phi) is 4.75. The number of halogens is 1. The van der Waals surface area contributed by atoms with E-state index < -0.39 is 0 Å². The zero-order valence-corrected chi connectivity index (χ0v) is 14.9. The second-order valence-electron chi connectivity index (χ2n) is 6.90. The molecule has 0 aliphatic heterocycles. The first kappa shape index (κ1) is 17.5. The molecule has 0 atom stereocenters. The van der Waals surface area contributed by atoms with Crippen molar-refractivity contribution in [3.05, 3.63) is 58.4 Å². The molecule has 7 heteroatoms. The number of nitrogens with zero attached hydrogens (tertiary/aromatic N) is 3. The number of carbonyl (C=O) groups excluding carboxylic acids is 1. The first-order valence-electron chi connectivity index (χ1n) is 9.23. The topological polar surface area (TPSA) is 68.4 Å². The third kappa shape index (κ3) is 3.63. The number of aromatic nitrogens is 3. The van der Waals surface area contributed by atoms with Crippen LogP contribution in [0.25, 0.3) is 16.4 Å². The number of hydrogen-bond acceptors (Lipinski definition) is 3. The number of allylic oxidation sites excluding steroid dienone is 1. The zero-order valence-electron chi connectivity index (χ0n) is 14.9. The van der Waals surface area contributed by atoms with E-state index >= 15 is 0 Å². The van der Waals surface area contributed by atoms with Gasteiger partial charge in [-0.2, -0.15) is 5.10 Å². The average molecular weight is 368 g/mol. The van der Waals surface area contributed by atoms with Crippen LogP contribution in [-0.2, 0) is 11.3 Å². The Morgan fingerprint density at radius 2 is 2.11 bits per heavy atom. The Morgan fingerprint density at radius 1 is 1.22 bits per heavy atom. The Hall–Kier alpha value is -2.96. The maximum absolute atomic E-state index is 13.4. The number of hydrogen-bond donors (Lipinski definition) is 1. The van der Waals surface area contributed by atoms with Gasteiger partial charge in [-0.05, 0) is 56.4 Å². The molecule has 27 heavy (non-hydrogen) atoms. The van der Waals surface area contributed by atoms with Crippen LogP contribution in [-0.4, -0.2) is 26.6 Å². The van der Waals surface area contributed by atoms with E-state index in [2.05, 4.69) is 16.5 Å². The maximum Gasteiger partial charge on any atom is 0.291 e. The first-order chi connectivity index (χ1) is 13.1. The van der Waals surface area contributed by atoms with Crippen molar-refractivity contribution in [2.45, 2.75) is 38.6 Å². The Bertz CT molecular complexity index is 1100. The molecule has 0 saturated carbocycles. The van der Waals surface area contributed by atoms with E-state index in [9.17, 15) is 14.0 Å². The number of amides is 1. The summed E-state index contributed by atoms with van der Waals surface area (Å²) < 4.78 is 16.2. The quantitative estimate of drug-likeness (QED) is 0.704. The van der Waals surface area contributed by atoms with E-state index in [-0.39, 0.29) is 23.8 Å². The molecule has 1 aromatic carbocycles. The van der Waals surface area contributed by atoms with Crippen molar-refractivity contribution in [1.82, 2.24) is 19.5 Å². The van der Waals surface area contributed by atoms with Gasteiger partial charge in [-0.25, -0.2) is 9.07 Å². The summed E-state index contributed by atoms with van der Waals surface area (Å²) in [7, 11) is 0. The van der Waals surface area contributed by atoms with Crippen molar-refractivity contribution in [1.29, 1.82) is 0 Å². The monoisotopic (exact) mass is 368 g/mol. The molecule has 4 rings (SSSR count). The minimum absolute atomic E-state index is 0.135. The van der Waals surface area contributed by atoms with Crippen molar-refractivity contribution >= 4 is 22.3 Å². The molecule has 2 aromatic heterocycles. The number of nitrogens with one attached hydrogen (secondary N) is 1. The van der Waals surface area contributed by atoms with E-state index in [1.165, 1.54) is 36.9 Å². The molecule has 2 heterocycles. The van der Waals surface area contributed by atoms with Crippen LogP contribution in [0.1, 0.15) is 32.1 Å². The van der Waals surface area contributed by atoms with Gasteiger partial charge in [-0.1, -0.05) is 11.6 Å². The molecule has 3 aromatic rings. The molecule has 0 spiro atoms. The smallest absolute Gasteiger partial charge is 0.291 e. The van der Waals surface area contributed by atoms with Crippen LogP contribution in [0.15, 0.2) is 47.0 Å². The van der Waals surface area contributed by atoms with Gasteiger partial charge in [0.05, 0.1) is 5.52 Å². The van der Waals surface area contributed by atoms with Gasteiger partial charge in [0.2, 0.25) is 5.91 Å². The molecule has 0 saturated heterocycles. The van der Waals surface area contributed by atoms with Gasteiger partial charge in [-0.15, -0.1) is 0 Å². The summed E-state index contributed by atoms with van der Waals surface area (Å²) >= 11 is 0. The van der Waals surface area contributed by atoms with Crippen molar-refractivity contribution in [3.63, 3.8) is 0 Å². The highest BCUT2D eigenvalue weighted by atomic mass is 19.1. The van der Waals surface area contributed by atoms with Gasteiger partial charge in [-0.3, -0.25) is 14.0 Å². The summed E-state index contributed by atoms with van der Waals surface area (Å²) in [6.45, 7) is 0.431. The van der Waals surface area contributed by atoms with Crippen molar-refractivity contribution < 1.29 is 9.18 Å². The molecule has 0 unspecified atom stereocenters. The molecule has 1 aliphatic rings. The fourth-order valence-corrected chi connectivity index (χ4v) is 3.59. The number of fused-ring (bicyclic) bond motifs is 3. The van der Waals surface area contributed by atoms with Gasteiger partial charge in [0.15, 0.2) is 0 Å². The lowest BCUT2D eigenvalue weighted by Gasteiger charge is -2.13. The average Bonchev–Trinajstić information content (AvgIpc) is 3.03. The highest BCUT2D eigenvalue weighted by Crippen LogP contribution is 2.20. The Morgan fingerprint density at radius 3 is 2.93 bits per heavy atom. The van der Waals surface area contributed by atoms with Crippen molar-refractivity contribution in [3.8, 4) is 0 Å². The molecule has 1 amide bonds. The largest absolute Gasteiger partial charge is 0.354 e. The van der Waals surface area contributed by atoms with Crippen LogP contribution in [0.5, 0.6) is 0 Å². The Labute approximate surface area is 155 Å². The summed E-state index contributed by atoms with van der Waals surface area (Å²) in [6.07, 6.45) is 9.28. The van der Waals surface area contributed by atoms with Gasteiger partial charge >= 0.3 is 0 Å². The second kappa shape index (κ2) is 7.34. The molecule has 140 valence electrons. The van der Waals surface area contributed by atoms with E-state index in [0.29, 0.717) is 23.0 Å². The van der Waals surface area contributed by atoms with Crippen LogP contribution in [0.3, 0.4) is 0 Å². The summed E-state index contributed by atoms with van der Waals surface area (Å²) in [6, 6.07) is 5.94. The lowest BCUT2D eigenvalue weighted by Crippen LogP contribution is -2.34. The molecule has 6 nitrogen and oxygen atoms in total. The van der Waals surface area contributed by atoms with Crippen LogP contribution in [0.2, 0.25) is 0 Å². The Balaban J connectivity index is 1.47. The lowest BCUT2D eigenvalue weighted by atomic mass is 9.97. The van der Waals surface area contributed by atoms with Crippen LogP contribution >= 0.6 is 0 Å². The molecule has 1 N–H and O–H groups in total. The number of rotatable bonds is 5. The minimum Gasteiger partial charge on any atom is -0.354 e. The summed E-state index contributed by atoms with van der Waals surface area (Å²) in [4.78, 5) is 24.8. The molecule has 0 fully saturated rings. The minimum atomic E-state index is -0.376. The van der Waals surface area contributed by atoms with E-state index in [0.717, 1.165) is 23.9 Å². The van der Waals surface area contributed by atoms with Crippen LogP contribution in [0, 0.1) is 5.82 Å².